The SMILES string of the molecule is CC(=O)CCC(C)(C)c1c[nH]c2cc(F)c(OCCn3ccc(C)n3)cc12. The van der Waals surface area contributed by atoms with Gasteiger partial charge in [0.2, 0.25) is 0 Å². The van der Waals surface area contributed by atoms with Crippen LogP contribution in [0.1, 0.15) is 44.9 Å². The van der Waals surface area contributed by atoms with Gasteiger partial charge >= 0.3 is 0 Å². The standard InChI is InChI=1S/C21H26FN3O2/c1-14-6-8-25(24-14)9-10-27-20-11-16-17(13-23-19(16)12-18(20)22)21(3,4)7-5-15(2)26/h6,8,11-13,23H,5,7,9-10H2,1-4H3. The minimum Gasteiger partial charge on any atom is -0.489 e. The molecule has 144 valence electrons. The molecule has 0 aliphatic carbocycles. The Balaban J connectivity index is 1.80. The highest BCUT2D eigenvalue weighted by molar-refractivity contribution is 5.86. The number of ketones is 1. The Kier molecular flexibility index (Phi) is 5.35. The van der Waals surface area contributed by atoms with Crippen LogP contribution >= 0.6 is 0 Å². The summed E-state index contributed by atoms with van der Waals surface area (Å²) in [6, 6.07) is 5.13. The number of nitrogens with one attached hydrogen (secondary N) is 1. The molecule has 0 spiro atoms. The molecule has 1 aromatic carbocycles. The average Bonchev–Trinajstić information content (AvgIpc) is 3.19. The molecule has 5 nitrogen and oxygen atoms in total. The summed E-state index contributed by atoms with van der Waals surface area (Å²) in [5.41, 5.74) is 2.53. The van der Waals surface area contributed by atoms with Gasteiger partial charge in [0.05, 0.1) is 12.2 Å². The summed E-state index contributed by atoms with van der Waals surface area (Å²) in [5, 5.41) is 5.22. The van der Waals surface area contributed by atoms with Crippen molar-refractivity contribution in [2.45, 2.75) is 52.5 Å². The van der Waals surface area contributed by atoms with Crippen LogP contribution in [-0.4, -0.2) is 27.2 Å². The van der Waals surface area contributed by atoms with Gasteiger partial charge in [0.1, 0.15) is 12.4 Å². The first-order chi connectivity index (χ1) is 12.8. The highest BCUT2D eigenvalue weighted by atomic mass is 19.1. The van der Waals surface area contributed by atoms with Gasteiger partial charge in [-0.3, -0.25) is 4.68 Å². The molecule has 3 rings (SSSR count). The number of ether oxygens (including phenoxy) is 1. The normalized spacial score (nSPS) is 11.9. The van der Waals surface area contributed by atoms with E-state index in [2.05, 4.69) is 23.9 Å². The summed E-state index contributed by atoms with van der Waals surface area (Å²) in [6.07, 6.45) is 5.04. The highest BCUT2D eigenvalue weighted by Crippen LogP contribution is 2.36. The van der Waals surface area contributed by atoms with Crippen LogP contribution in [0, 0.1) is 12.7 Å². The van der Waals surface area contributed by atoms with Crippen molar-refractivity contribution in [2.24, 2.45) is 0 Å². The Hall–Kier alpha value is -2.63. The number of carbonyl (C=O) groups excluding carboxylic acids is 1. The summed E-state index contributed by atoms with van der Waals surface area (Å²) in [5.74, 6) is 0.00975. The quantitative estimate of drug-likeness (QED) is 0.632. The van der Waals surface area contributed by atoms with Crippen LogP contribution in [0.2, 0.25) is 0 Å². The largest absolute Gasteiger partial charge is 0.489 e. The number of aryl methyl sites for hydroxylation is 1. The monoisotopic (exact) mass is 371 g/mol. The zero-order valence-electron chi connectivity index (χ0n) is 16.3. The lowest BCUT2D eigenvalue weighted by Crippen LogP contribution is -2.18. The molecule has 1 N–H and O–H groups in total. The van der Waals surface area contributed by atoms with E-state index in [1.54, 1.807) is 17.7 Å². The maximum Gasteiger partial charge on any atom is 0.167 e. The van der Waals surface area contributed by atoms with Gasteiger partial charge in [-0.2, -0.15) is 5.10 Å². The van der Waals surface area contributed by atoms with Crippen molar-refractivity contribution in [2.75, 3.05) is 6.61 Å². The lowest BCUT2D eigenvalue weighted by atomic mass is 9.80. The Morgan fingerprint density at radius 3 is 2.81 bits per heavy atom. The second-order valence-electron chi connectivity index (χ2n) is 7.69. The number of hydrogen-bond acceptors (Lipinski definition) is 3. The minimum atomic E-state index is -0.394. The van der Waals surface area contributed by atoms with Gasteiger partial charge in [0.15, 0.2) is 11.6 Å². The van der Waals surface area contributed by atoms with Crippen LogP contribution in [0.15, 0.2) is 30.6 Å². The fourth-order valence-electron chi connectivity index (χ4n) is 3.25. The molecule has 0 aliphatic heterocycles. The van der Waals surface area contributed by atoms with E-state index in [0.717, 1.165) is 28.6 Å². The van der Waals surface area contributed by atoms with E-state index >= 15 is 0 Å². The Bertz CT molecular complexity index is 956. The second-order valence-corrected chi connectivity index (χ2v) is 7.69. The van der Waals surface area contributed by atoms with Crippen LogP contribution in [0.3, 0.4) is 0 Å². The van der Waals surface area contributed by atoms with Gasteiger partial charge in [-0.15, -0.1) is 0 Å². The number of rotatable bonds is 8. The molecule has 0 saturated heterocycles. The number of halogens is 1. The number of fused-ring (bicyclic) bond motifs is 1. The first-order valence-corrected chi connectivity index (χ1v) is 9.20. The van der Waals surface area contributed by atoms with Gasteiger partial charge in [-0.1, -0.05) is 13.8 Å². The molecule has 3 aromatic rings. The molecule has 0 bridgehead atoms. The Morgan fingerprint density at radius 1 is 1.37 bits per heavy atom. The number of nitrogens with zero attached hydrogens (tertiary/aromatic N) is 2. The zero-order valence-corrected chi connectivity index (χ0v) is 16.3. The summed E-state index contributed by atoms with van der Waals surface area (Å²) in [4.78, 5) is 14.5. The second kappa shape index (κ2) is 7.55. The first kappa shape index (κ1) is 19.1. The van der Waals surface area contributed by atoms with E-state index in [-0.39, 0.29) is 16.9 Å². The maximum absolute atomic E-state index is 14.4. The van der Waals surface area contributed by atoms with E-state index in [1.807, 2.05) is 25.4 Å². The third-order valence-electron chi connectivity index (χ3n) is 4.92. The molecular weight excluding hydrogens is 345 g/mol. The molecule has 2 heterocycles. The van der Waals surface area contributed by atoms with Gasteiger partial charge in [0.25, 0.3) is 0 Å². The van der Waals surface area contributed by atoms with Gasteiger partial charge < -0.3 is 14.5 Å². The van der Waals surface area contributed by atoms with Gasteiger partial charge in [-0.25, -0.2) is 4.39 Å². The van der Waals surface area contributed by atoms with Crippen LogP contribution < -0.4 is 4.74 Å². The molecule has 0 aliphatic rings. The maximum atomic E-state index is 14.4. The number of benzene rings is 1. The highest BCUT2D eigenvalue weighted by Gasteiger charge is 2.25. The third kappa shape index (κ3) is 4.38. The molecule has 0 fully saturated rings. The lowest BCUT2D eigenvalue weighted by Gasteiger charge is -2.24. The summed E-state index contributed by atoms with van der Waals surface area (Å²) in [6.45, 7) is 8.61. The Labute approximate surface area is 158 Å². The number of hydrogen-bond donors (Lipinski definition) is 1. The number of carbonyl (C=O) groups is 1. The van der Waals surface area contributed by atoms with E-state index in [9.17, 15) is 9.18 Å². The number of aromatic amines is 1. The van der Waals surface area contributed by atoms with E-state index < -0.39 is 5.82 Å². The lowest BCUT2D eigenvalue weighted by molar-refractivity contribution is -0.117. The van der Waals surface area contributed by atoms with Gasteiger partial charge in [0, 0.05) is 35.8 Å². The molecule has 2 aromatic heterocycles. The molecule has 0 amide bonds. The molecule has 27 heavy (non-hydrogen) atoms. The van der Waals surface area contributed by atoms with Crippen LogP contribution in [-0.2, 0) is 16.8 Å². The van der Waals surface area contributed by atoms with Gasteiger partial charge in [-0.05, 0) is 43.4 Å². The topological polar surface area (TPSA) is 59.9 Å². The molecular formula is C21H26FN3O2. The third-order valence-corrected chi connectivity index (χ3v) is 4.92. The number of H-pyrrole nitrogens is 1. The van der Waals surface area contributed by atoms with E-state index in [4.69, 9.17) is 4.74 Å². The molecule has 6 heteroatoms. The molecule has 0 radical (unpaired) electrons. The van der Waals surface area contributed by atoms with Crippen molar-refractivity contribution in [1.82, 2.24) is 14.8 Å². The predicted octanol–water partition coefficient (Wildman–Crippen LogP) is 4.54. The fourth-order valence-corrected chi connectivity index (χ4v) is 3.25. The molecule has 0 atom stereocenters. The van der Waals surface area contributed by atoms with E-state index in [0.29, 0.717) is 19.6 Å². The molecule has 0 unspecified atom stereocenters. The smallest absolute Gasteiger partial charge is 0.167 e. The average molecular weight is 371 g/mol. The van der Waals surface area contributed by atoms with Crippen molar-refractivity contribution in [3.05, 3.63) is 47.7 Å². The zero-order chi connectivity index (χ0) is 19.6. The van der Waals surface area contributed by atoms with Crippen molar-refractivity contribution in [3.8, 4) is 5.75 Å². The Morgan fingerprint density at radius 2 is 2.15 bits per heavy atom. The summed E-state index contributed by atoms with van der Waals surface area (Å²) < 4.78 is 21.9. The first-order valence-electron chi connectivity index (χ1n) is 9.20. The van der Waals surface area contributed by atoms with Crippen LogP contribution in [0.25, 0.3) is 10.9 Å². The van der Waals surface area contributed by atoms with Crippen LogP contribution in [0.5, 0.6) is 5.75 Å². The minimum absolute atomic E-state index is 0.173. The summed E-state index contributed by atoms with van der Waals surface area (Å²) in [7, 11) is 0. The number of aromatic nitrogens is 3. The summed E-state index contributed by atoms with van der Waals surface area (Å²) >= 11 is 0. The van der Waals surface area contributed by atoms with Crippen LogP contribution in [0.4, 0.5) is 4.39 Å². The number of Topliss-reactive ketones (excluding diaryl/α,β-unsaturated/α-hetero) is 1. The van der Waals surface area contributed by atoms with Crippen molar-refractivity contribution in [1.29, 1.82) is 0 Å². The fraction of sp³-hybridized carbons (Fsp3) is 0.429. The predicted molar refractivity (Wildman–Crippen MR) is 104 cm³/mol. The molecule has 0 saturated carbocycles. The van der Waals surface area contributed by atoms with Crippen molar-refractivity contribution >= 4 is 16.7 Å². The van der Waals surface area contributed by atoms with E-state index in [1.165, 1.54) is 6.07 Å². The van der Waals surface area contributed by atoms with Crippen molar-refractivity contribution < 1.29 is 13.9 Å². The van der Waals surface area contributed by atoms with Crippen molar-refractivity contribution in [3.63, 3.8) is 0 Å².